The summed E-state index contributed by atoms with van der Waals surface area (Å²) in [6.45, 7) is 36.4. The first-order valence-electron chi connectivity index (χ1n) is 55.6. The fourth-order valence-electron chi connectivity index (χ4n) is 27.4. The van der Waals surface area contributed by atoms with Crippen molar-refractivity contribution in [3.8, 4) is 0 Å². The van der Waals surface area contributed by atoms with Crippen LogP contribution in [0.4, 0.5) is 0 Å². The molecule has 0 aromatic heterocycles. The van der Waals surface area contributed by atoms with E-state index in [0.29, 0.717) is 130 Å². The van der Waals surface area contributed by atoms with E-state index in [9.17, 15) is 86.3 Å². The van der Waals surface area contributed by atoms with Gasteiger partial charge in [-0.1, -0.05) is 111 Å². The molecule has 8 aliphatic heterocycles. The maximum absolute atomic E-state index is 12.1. The van der Waals surface area contributed by atoms with Gasteiger partial charge in [-0.15, -0.1) is 0 Å². The topological polar surface area (TPSA) is 473 Å². The van der Waals surface area contributed by atoms with Gasteiger partial charge in [-0.2, -0.15) is 0 Å². The summed E-state index contributed by atoms with van der Waals surface area (Å²) in [6, 6.07) is 0. The van der Waals surface area contributed by atoms with Gasteiger partial charge in [0.05, 0.1) is 129 Å². The Morgan fingerprint density at radius 1 is 0.372 bits per heavy atom. The van der Waals surface area contributed by atoms with E-state index in [2.05, 4.69) is 9.47 Å². The zero-order valence-electron chi connectivity index (χ0n) is 90.2. The molecule has 0 radical (unpaired) electrons. The van der Waals surface area contributed by atoms with Crippen molar-refractivity contribution in [1.82, 2.24) is 0 Å². The SMILES string of the molecule is CCC(C)C(=O)OC(C)(C)C1C2CC3OC(=O)C1C3C2.CCC(C)C(=O)OC1CC2CC1C1(CCOC1=O)C2.CCC(C)C(=O)OC1CC2CC1C1(COC(=O)C1)C2.CCC(C)C(=O)OC1CC2CC1CC21CCOC1=O.CCC(C)C(=O)OC1CC2CC1CC21COC(=O)C1.CCC(C)C(=O)OCC(=O)OC1CCOC1=O.CCC(C)C(=O)OCC(=O)OC1COC(=O)C1.CCC(C)C(=O)OCC1C2CC3OC(=O)C1C3C2. The molecule has 36 heteroatoms. The van der Waals surface area contributed by atoms with Crippen LogP contribution in [-0.4, -0.2) is 221 Å². The van der Waals surface area contributed by atoms with Gasteiger partial charge < -0.3 is 85.3 Å². The monoisotopic (exact) mass is 2090 g/mol. The lowest BCUT2D eigenvalue weighted by Crippen LogP contribution is -2.45. The third-order valence-corrected chi connectivity index (χ3v) is 37.5. The minimum atomic E-state index is -0.857. The number of esters is 18. The highest BCUT2D eigenvalue weighted by molar-refractivity contribution is 5.85. The van der Waals surface area contributed by atoms with Gasteiger partial charge in [-0.05, 0) is 228 Å². The molecule has 0 N–H and O–H groups in total. The van der Waals surface area contributed by atoms with E-state index in [-0.39, 0.29) is 232 Å². The maximum Gasteiger partial charge on any atom is 0.347 e. The maximum atomic E-state index is 12.1. The molecular formula is C112H164O36. The van der Waals surface area contributed by atoms with E-state index in [1.807, 2.05) is 111 Å². The molecule has 0 aromatic rings. The van der Waals surface area contributed by atoms with Gasteiger partial charge in [-0.25, -0.2) is 14.4 Å². The van der Waals surface area contributed by atoms with Gasteiger partial charge in [0.2, 0.25) is 6.10 Å². The first-order chi connectivity index (χ1) is 70.2. The molecule has 0 amide bonds. The van der Waals surface area contributed by atoms with Crippen molar-refractivity contribution in [2.75, 3.05) is 59.5 Å². The molecule has 12 saturated carbocycles. The van der Waals surface area contributed by atoms with Crippen LogP contribution in [0.25, 0.3) is 0 Å². The molecule has 4 spiro atoms. The Labute approximate surface area is 869 Å². The standard InChI is InChI=1S/C16H24O4.4C15H22O4.C14H20O4.2C11H16O6/c1-5-8(2)14(17)20-16(3,4)13-9-6-10-11(7-9)19-15(18)12(10)13;1-3-9(2)14(17)19-12-5-11-4-10(12)6-15(11)7-13(16)18-8-15;1-3-9(2)14(17)19-12-5-10-4-11(12)15(6-10)7-13(16)18-8-15;1-3-9(2)13(16)19-12-7-11-6-10(12)8-15(11)4-5-18-14(15)17;1-3-9(2)13(16)19-12-7-10-6-11(12)15(8-10)4-5-18-14(15)17;1-3-7(2)13(15)17-6-10-8-4-9-11(5-8)18-14(16)12(9)10;1-3-7(2)11(14)16-6-10(13)17-8-4-9(12)15-5-8;1-3-7(2)10(13)16-6-9(12)17-8-4-5-15-11(8)14/h8-13H,5-7H2,1-4H3;4*9-12H,3-8H2,1-2H3;7-12H,3-6H2,1-2H3;2*7-8H,3-6H2,1-2H3. The van der Waals surface area contributed by atoms with E-state index in [1.54, 1.807) is 13.8 Å². The van der Waals surface area contributed by atoms with Gasteiger partial charge in [0.1, 0.15) is 54.9 Å². The van der Waals surface area contributed by atoms with E-state index < -0.39 is 60.9 Å². The number of hydrogen-bond acceptors (Lipinski definition) is 36. The van der Waals surface area contributed by atoms with Crippen LogP contribution >= 0.6 is 0 Å². The quantitative estimate of drug-likeness (QED) is 0.0476. The molecule has 36 nitrogen and oxygen atoms in total. The number of carbonyl (C=O) groups is 18. The first kappa shape index (κ1) is 116. The highest BCUT2D eigenvalue weighted by Crippen LogP contribution is 2.66. The highest BCUT2D eigenvalue weighted by atomic mass is 16.6. The molecule has 8 saturated heterocycles. The number of rotatable bonds is 30. The normalized spacial score (nSPS) is 36.6. The van der Waals surface area contributed by atoms with Crippen molar-refractivity contribution in [2.24, 2.45) is 164 Å². The van der Waals surface area contributed by atoms with Crippen molar-refractivity contribution >= 4 is 107 Å². The molecule has 0 aromatic carbocycles. The van der Waals surface area contributed by atoms with Gasteiger partial charge in [0, 0.05) is 52.8 Å². The molecule has 20 aliphatic rings. The molecule has 148 heavy (non-hydrogen) atoms. The van der Waals surface area contributed by atoms with Crippen LogP contribution in [0, 0.1) is 164 Å². The average Bonchev–Trinajstić information content (AvgIpc) is 1.54. The van der Waals surface area contributed by atoms with Gasteiger partial charge >= 0.3 is 107 Å². The van der Waals surface area contributed by atoms with Crippen LogP contribution < -0.4 is 0 Å². The minimum Gasteiger partial charge on any atom is -0.465 e. The van der Waals surface area contributed by atoms with Crippen molar-refractivity contribution < 1.29 is 172 Å². The summed E-state index contributed by atoms with van der Waals surface area (Å²) < 4.78 is 93.8. The molecule has 8 heterocycles. The molecule has 20 rings (SSSR count). The van der Waals surface area contributed by atoms with Crippen LogP contribution in [0.3, 0.4) is 0 Å². The van der Waals surface area contributed by atoms with Crippen LogP contribution in [0.2, 0.25) is 0 Å². The van der Waals surface area contributed by atoms with Crippen LogP contribution in [-0.2, 0) is 172 Å². The Bertz CT molecular complexity index is 4800. The summed E-state index contributed by atoms with van der Waals surface area (Å²) >= 11 is 0. The predicted molar refractivity (Wildman–Crippen MR) is 521 cm³/mol. The third kappa shape index (κ3) is 25.8. The summed E-state index contributed by atoms with van der Waals surface area (Å²) in [5.74, 6) is 0.428. The summed E-state index contributed by atoms with van der Waals surface area (Å²) in [5.41, 5.74) is -1.10. The van der Waals surface area contributed by atoms with E-state index >= 15 is 0 Å². The number of carbonyl (C=O) groups excluding carboxylic acids is 18. The Morgan fingerprint density at radius 2 is 0.811 bits per heavy atom. The Hall–Kier alpha value is -9.54. The minimum absolute atomic E-state index is 0.00140. The van der Waals surface area contributed by atoms with Gasteiger partial charge in [0.15, 0.2) is 13.2 Å². The summed E-state index contributed by atoms with van der Waals surface area (Å²) in [5, 5.41) is 0. The summed E-state index contributed by atoms with van der Waals surface area (Å²) in [4.78, 5) is 209. The molecule has 36 unspecified atom stereocenters. The van der Waals surface area contributed by atoms with Crippen molar-refractivity contribution in [3.63, 3.8) is 0 Å². The van der Waals surface area contributed by atoms with Crippen LogP contribution in [0.1, 0.15) is 317 Å². The molecule has 12 bridgehead atoms. The predicted octanol–water partition coefficient (Wildman–Crippen LogP) is 14.4. The second-order valence-corrected chi connectivity index (χ2v) is 47.2. The van der Waals surface area contributed by atoms with Crippen LogP contribution in [0.15, 0.2) is 0 Å². The van der Waals surface area contributed by atoms with E-state index in [4.69, 9.17) is 75.8 Å². The number of hydrogen-bond donors (Lipinski definition) is 0. The Balaban J connectivity index is 0.000000141. The van der Waals surface area contributed by atoms with E-state index in [0.717, 1.165) is 154 Å². The highest BCUT2D eigenvalue weighted by Gasteiger charge is 2.69. The Kier molecular flexibility index (Phi) is 38.6. The molecule has 12 aliphatic carbocycles. The lowest BCUT2D eigenvalue weighted by Gasteiger charge is -2.38. The largest absolute Gasteiger partial charge is 0.465 e. The van der Waals surface area contributed by atoms with Crippen molar-refractivity contribution in [2.45, 2.75) is 372 Å². The fraction of sp³-hybridized carbons (Fsp3) is 0.839. The third-order valence-electron chi connectivity index (χ3n) is 37.5. The lowest BCUT2D eigenvalue weighted by atomic mass is 9.71. The number of cyclic esters (lactones) is 6. The van der Waals surface area contributed by atoms with Gasteiger partial charge in [-0.3, -0.25) is 71.9 Å². The molecule has 828 valence electrons. The van der Waals surface area contributed by atoms with Gasteiger partial charge in [0.25, 0.3) is 0 Å². The summed E-state index contributed by atoms with van der Waals surface area (Å²) in [6.07, 6.45) is 24.0. The smallest absolute Gasteiger partial charge is 0.347 e. The summed E-state index contributed by atoms with van der Waals surface area (Å²) in [7, 11) is 0. The zero-order valence-corrected chi connectivity index (χ0v) is 90.2. The Morgan fingerprint density at radius 3 is 1.26 bits per heavy atom. The fourth-order valence-corrected chi connectivity index (χ4v) is 27.4. The second kappa shape index (κ2) is 49.5. The number of ether oxygens (including phenoxy) is 18. The lowest BCUT2D eigenvalue weighted by molar-refractivity contribution is -0.172. The first-order valence-corrected chi connectivity index (χ1v) is 55.6. The molecule has 20 fully saturated rings. The van der Waals surface area contributed by atoms with Crippen LogP contribution in [0.5, 0.6) is 0 Å². The second-order valence-electron chi connectivity index (χ2n) is 47.2. The number of fused-ring (bicyclic) bond motifs is 14. The van der Waals surface area contributed by atoms with E-state index in [1.165, 1.54) is 0 Å². The molecule has 36 atom stereocenters. The zero-order chi connectivity index (χ0) is 108. The van der Waals surface area contributed by atoms with Crippen molar-refractivity contribution in [1.29, 1.82) is 0 Å². The van der Waals surface area contributed by atoms with Crippen molar-refractivity contribution in [3.05, 3.63) is 0 Å². The molecular weight excluding hydrogens is 1920 g/mol. The average molecular weight is 2090 g/mol.